The van der Waals surface area contributed by atoms with Crippen LogP contribution < -0.4 is 10.6 Å². The third-order valence-electron chi connectivity index (χ3n) is 7.52. The minimum Gasteiger partial charge on any atom is -0.480 e. The normalized spacial score (nSPS) is 15.7. The largest absolute Gasteiger partial charge is 0.480 e. The van der Waals surface area contributed by atoms with Crippen LogP contribution in [0.4, 0.5) is 5.82 Å². The topological polar surface area (TPSA) is 109 Å². The maximum atomic E-state index is 12.9. The summed E-state index contributed by atoms with van der Waals surface area (Å²) in [6.45, 7) is 1.87. The Morgan fingerprint density at radius 3 is 2.78 bits per heavy atom. The third kappa shape index (κ3) is 6.67. The van der Waals surface area contributed by atoms with Crippen LogP contribution in [-0.2, 0) is 24.2 Å². The molecule has 1 amide bonds. The Hall–Kier alpha value is -3.42. The predicted molar refractivity (Wildman–Crippen MR) is 144 cm³/mol. The van der Waals surface area contributed by atoms with Crippen LogP contribution in [0.25, 0.3) is 10.9 Å². The summed E-state index contributed by atoms with van der Waals surface area (Å²) in [4.78, 5) is 29.4. The quantitative estimate of drug-likeness (QED) is 0.284. The van der Waals surface area contributed by atoms with Crippen molar-refractivity contribution >= 4 is 28.6 Å². The van der Waals surface area contributed by atoms with Gasteiger partial charge in [-0.05, 0) is 74.6 Å². The van der Waals surface area contributed by atoms with Crippen LogP contribution in [-0.4, -0.2) is 44.3 Å². The van der Waals surface area contributed by atoms with Gasteiger partial charge in [0, 0.05) is 29.7 Å². The number of carboxylic acids is 1. The summed E-state index contributed by atoms with van der Waals surface area (Å²) >= 11 is 0. The lowest BCUT2D eigenvalue weighted by Gasteiger charge is -2.17. The molecule has 5 rings (SSSR count). The smallest absolute Gasteiger partial charge is 0.326 e. The van der Waals surface area contributed by atoms with Gasteiger partial charge in [0.25, 0.3) is 5.91 Å². The Labute approximate surface area is 217 Å². The van der Waals surface area contributed by atoms with Gasteiger partial charge in [-0.2, -0.15) is 5.10 Å². The summed E-state index contributed by atoms with van der Waals surface area (Å²) in [6, 6.07) is 8.91. The number of aromatic nitrogens is 3. The summed E-state index contributed by atoms with van der Waals surface area (Å²) in [5, 5.41) is 21.2. The molecular formula is C29H37N5O3. The number of amides is 1. The minimum atomic E-state index is -0.986. The molecule has 0 radical (unpaired) electrons. The number of carboxylic acid groups (broad SMARTS) is 1. The Morgan fingerprint density at radius 1 is 1.11 bits per heavy atom. The van der Waals surface area contributed by atoms with E-state index in [0.717, 1.165) is 80.4 Å². The Balaban J connectivity index is 1.04. The van der Waals surface area contributed by atoms with Crippen LogP contribution in [0.3, 0.4) is 0 Å². The number of nitrogens with one attached hydrogen (secondary N) is 2. The second kappa shape index (κ2) is 11.8. The molecule has 0 spiro atoms. The molecule has 1 aliphatic heterocycles. The molecule has 1 aromatic carbocycles. The van der Waals surface area contributed by atoms with Crippen LogP contribution in [0, 0.1) is 5.92 Å². The number of pyridine rings is 1. The summed E-state index contributed by atoms with van der Waals surface area (Å²) in [5.41, 5.74) is 3.85. The van der Waals surface area contributed by atoms with Crippen molar-refractivity contribution in [2.45, 2.75) is 83.2 Å². The predicted octanol–water partition coefficient (Wildman–Crippen LogP) is 4.97. The average Bonchev–Trinajstić information content (AvgIpc) is 3.65. The number of unbranched alkanes of at least 4 members (excludes halogenated alkanes) is 4. The van der Waals surface area contributed by atoms with E-state index in [1.807, 2.05) is 23.0 Å². The SMILES string of the molecule is O=C(N[C@H](CCCCCCCc1ccc2c(n1)NCCC2)C(=O)O)c1ccc2cnn(CC3CC3)c2c1. The van der Waals surface area contributed by atoms with Gasteiger partial charge in [0.1, 0.15) is 11.9 Å². The molecule has 0 bridgehead atoms. The number of anilines is 1. The molecule has 1 fully saturated rings. The molecule has 0 saturated heterocycles. The molecule has 8 heteroatoms. The molecule has 196 valence electrons. The summed E-state index contributed by atoms with van der Waals surface area (Å²) < 4.78 is 1.96. The molecule has 3 N–H and O–H groups in total. The van der Waals surface area contributed by atoms with Crippen molar-refractivity contribution in [2.24, 2.45) is 5.92 Å². The Morgan fingerprint density at radius 2 is 1.95 bits per heavy atom. The molecule has 2 aliphatic rings. The standard InChI is InChI=1S/C29H37N5O3/c35-28(22-12-13-23-18-31-34(26(23)17-22)19-20-10-11-20)33-25(29(36)37)9-5-3-1-2-4-8-24-15-14-21-7-6-16-30-27(21)32-24/h12-15,17-18,20,25H,1-11,16,19H2,(H,30,32)(H,33,35)(H,36,37)/t25-/m1/s1. The van der Waals surface area contributed by atoms with Gasteiger partial charge in [-0.1, -0.05) is 37.8 Å². The van der Waals surface area contributed by atoms with Crippen molar-refractivity contribution < 1.29 is 14.7 Å². The maximum Gasteiger partial charge on any atom is 0.326 e. The second-order valence-corrected chi connectivity index (χ2v) is 10.6. The fourth-order valence-corrected chi connectivity index (χ4v) is 5.09. The minimum absolute atomic E-state index is 0.347. The molecule has 1 aliphatic carbocycles. The average molecular weight is 504 g/mol. The number of rotatable bonds is 13. The van der Waals surface area contributed by atoms with E-state index in [2.05, 4.69) is 27.9 Å². The lowest BCUT2D eigenvalue weighted by Crippen LogP contribution is -2.40. The Kier molecular flexibility index (Phi) is 8.02. The van der Waals surface area contributed by atoms with Crippen molar-refractivity contribution in [1.82, 2.24) is 20.1 Å². The van der Waals surface area contributed by atoms with Crippen LogP contribution in [0.1, 0.15) is 79.4 Å². The van der Waals surface area contributed by atoms with Crippen LogP contribution in [0.2, 0.25) is 0 Å². The number of aryl methyl sites for hydroxylation is 2. The summed E-state index contributed by atoms with van der Waals surface area (Å²) in [5.74, 6) is 0.393. The van der Waals surface area contributed by atoms with Crippen LogP contribution in [0.5, 0.6) is 0 Å². The van der Waals surface area contributed by atoms with E-state index in [4.69, 9.17) is 4.98 Å². The lowest BCUT2D eigenvalue weighted by atomic mass is 10.0. The van der Waals surface area contributed by atoms with Gasteiger partial charge in [-0.25, -0.2) is 9.78 Å². The van der Waals surface area contributed by atoms with Gasteiger partial charge < -0.3 is 15.7 Å². The zero-order chi connectivity index (χ0) is 25.6. The number of nitrogens with zero attached hydrogens (tertiary/aromatic N) is 3. The van der Waals surface area contributed by atoms with E-state index in [-0.39, 0.29) is 5.91 Å². The van der Waals surface area contributed by atoms with E-state index in [1.165, 1.54) is 24.8 Å². The fourth-order valence-electron chi connectivity index (χ4n) is 5.09. The number of fused-ring (bicyclic) bond motifs is 2. The molecule has 2 aromatic heterocycles. The molecule has 8 nitrogen and oxygen atoms in total. The summed E-state index contributed by atoms with van der Waals surface area (Å²) in [6.07, 6.45) is 12.9. The first-order valence-corrected chi connectivity index (χ1v) is 13.8. The molecular weight excluding hydrogens is 466 g/mol. The zero-order valence-electron chi connectivity index (χ0n) is 21.4. The maximum absolute atomic E-state index is 12.9. The van der Waals surface area contributed by atoms with E-state index in [9.17, 15) is 14.7 Å². The van der Waals surface area contributed by atoms with E-state index < -0.39 is 12.0 Å². The molecule has 1 saturated carbocycles. The number of benzene rings is 1. The van der Waals surface area contributed by atoms with Gasteiger partial charge in [-0.15, -0.1) is 0 Å². The highest BCUT2D eigenvalue weighted by atomic mass is 16.4. The molecule has 37 heavy (non-hydrogen) atoms. The van der Waals surface area contributed by atoms with Crippen molar-refractivity contribution in [3.63, 3.8) is 0 Å². The van der Waals surface area contributed by atoms with Crippen molar-refractivity contribution in [1.29, 1.82) is 0 Å². The van der Waals surface area contributed by atoms with E-state index >= 15 is 0 Å². The van der Waals surface area contributed by atoms with Gasteiger partial charge in [0.15, 0.2) is 0 Å². The van der Waals surface area contributed by atoms with Crippen molar-refractivity contribution in [3.8, 4) is 0 Å². The zero-order valence-corrected chi connectivity index (χ0v) is 21.4. The summed E-state index contributed by atoms with van der Waals surface area (Å²) in [7, 11) is 0. The van der Waals surface area contributed by atoms with Gasteiger partial charge in [-0.3, -0.25) is 9.48 Å². The van der Waals surface area contributed by atoms with Crippen molar-refractivity contribution in [3.05, 3.63) is 53.3 Å². The fraction of sp³-hybridized carbons (Fsp3) is 0.517. The number of carbonyl (C=O) groups excluding carboxylic acids is 1. The molecule has 1 atom stereocenters. The first-order chi connectivity index (χ1) is 18.1. The molecule has 0 unspecified atom stereocenters. The van der Waals surface area contributed by atoms with Gasteiger partial charge in [0.2, 0.25) is 0 Å². The lowest BCUT2D eigenvalue weighted by molar-refractivity contribution is -0.139. The number of carbonyl (C=O) groups is 2. The number of aliphatic carboxylic acids is 1. The van der Waals surface area contributed by atoms with E-state index in [0.29, 0.717) is 17.9 Å². The number of hydrogen-bond donors (Lipinski definition) is 3. The van der Waals surface area contributed by atoms with E-state index in [1.54, 1.807) is 6.07 Å². The third-order valence-corrected chi connectivity index (χ3v) is 7.52. The van der Waals surface area contributed by atoms with Gasteiger partial charge >= 0.3 is 5.97 Å². The number of hydrogen-bond acceptors (Lipinski definition) is 5. The van der Waals surface area contributed by atoms with Gasteiger partial charge in [0.05, 0.1) is 11.7 Å². The van der Waals surface area contributed by atoms with Crippen LogP contribution in [0.15, 0.2) is 36.5 Å². The first kappa shape index (κ1) is 25.2. The molecule has 3 heterocycles. The highest BCUT2D eigenvalue weighted by Crippen LogP contribution is 2.31. The monoisotopic (exact) mass is 503 g/mol. The Bertz CT molecular complexity index is 1250. The van der Waals surface area contributed by atoms with Crippen LogP contribution >= 0.6 is 0 Å². The highest BCUT2D eigenvalue weighted by Gasteiger charge is 2.24. The molecule has 3 aromatic rings. The van der Waals surface area contributed by atoms with Crippen molar-refractivity contribution in [2.75, 3.05) is 11.9 Å². The first-order valence-electron chi connectivity index (χ1n) is 13.8. The highest BCUT2D eigenvalue weighted by molar-refractivity contribution is 5.99. The second-order valence-electron chi connectivity index (χ2n) is 10.6.